The van der Waals surface area contributed by atoms with E-state index in [9.17, 15) is 14.0 Å². The average molecular weight is 365 g/mol. The second-order valence-electron chi connectivity index (χ2n) is 5.40. The van der Waals surface area contributed by atoms with Crippen molar-refractivity contribution in [2.24, 2.45) is 5.73 Å². The Balaban J connectivity index is 1.75. The van der Waals surface area contributed by atoms with Crippen molar-refractivity contribution in [1.82, 2.24) is 4.90 Å². The van der Waals surface area contributed by atoms with E-state index in [-0.39, 0.29) is 10.9 Å². The summed E-state index contributed by atoms with van der Waals surface area (Å²) in [5.74, 6) is -1.15. The number of amides is 2. The first kappa shape index (κ1) is 16.7. The Bertz CT molecular complexity index is 847. The van der Waals surface area contributed by atoms with Crippen LogP contribution in [0.1, 0.15) is 32.0 Å². The lowest BCUT2D eigenvalue weighted by Gasteiger charge is -2.26. The van der Waals surface area contributed by atoms with E-state index in [1.165, 1.54) is 23.5 Å². The standard InChI is InChI=1S/C17H14ClFN2O2S/c18-13-3-1-2-12(15(13)19)10-4-6-21(7-5-10)17(23)14-8-11(9-24-14)16(20)22/h1-4,8-9H,5-7H2,(H2,20,22). The number of halogens is 2. The maximum absolute atomic E-state index is 14.1. The fraction of sp³-hybridized carbons (Fsp3) is 0.176. The normalized spacial score (nSPS) is 14.4. The molecule has 124 valence electrons. The smallest absolute Gasteiger partial charge is 0.264 e. The van der Waals surface area contributed by atoms with Gasteiger partial charge in [-0.1, -0.05) is 29.8 Å². The van der Waals surface area contributed by atoms with E-state index < -0.39 is 11.7 Å². The number of thiophene rings is 1. The molecule has 1 aliphatic heterocycles. The van der Waals surface area contributed by atoms with Gasteiger partial charge in [0.2, 0.25) is 5.91 Å². The van der Waals surface area contributed by atoms with Crippen molar-refractivity contribution in [3.8, 4) is 0 Å². The van der Waals surface area contributed by atoms with Gasteiger partial charge in [-0.2, -0.15) is 0 Å². The Hall–Kier alpha value is -2.18. The Morgan fingerprint density at radius 2 is 2.12 bits per heavy atom. The third kappa shape index (κ3) is 3.20. The van der Waals surface area contributed by atoms with Crippen molar-refractivity contribution < 1.29 is 14.0 Å². The van der Waals surface area contributed by atoms with Gasteiger partial charge in [0.05, 0.1) is 15.5 Å². The van der Waals surface area contributed by atoms with Gasteiger partial charge < -0.3 is 10.6 Å². The van der Waals surface area contributed by atoms with Crippen LogP contribution in [0, 0.1) is 5.82 Å². The Morgan fingerprint density at radius 3 is 2.75 bits per heavy atom. The molecule has 0 aliphatic carbocycles. The molecule has 0 radical (unpaired) electrons. The fourth-order valence-electron chi connectivity index (χ4n) is 2.58. The summed E-state index contributed by atoms with van der Waals surface area (Å²) < 4.78 is 14.1. The van der Waals surface area contributed by atoms with Crippen LogP contribution >= 0.6 is 22.9 Å². The summed E-state index contributed by atoms with van der Waals surface area (Å²) in [6.45, 7) is 0.852. The Labute approximate surface area is 147 Å². The van der Waals surface area contributed by atoms with Crippen LogP contribution in [-0.4, -0.2) is 29.8 Å². The number of carbonyl (C=O) groups excluding carboxylic acids is 2. The van der Waals surface area contributed by atoms with E-state index >= 15 is 0 Å². The SMILES string of the molecule is NC(=O)c1csc(C(=O)N2CC=C(c3cccc(Cl)c3F)CC2)c1. The van der Waals surface area contributed by atoms with Gasteiger partial charge in [0, 0.05) is 24.0 Å². The van der Waals surface area contributed by atoms with Gasteiger partial charge in [0.15, 0.2) is 0 Å². The zero-order valence-electron chi connectivity index (χ0n) is 12.6. The molecule has 3 rings (SSSR count). The predicted octanol–water partition coefficient (Wildman–Crippen LogP) is 3.57. The van der Waals surface area contributed by atoms with E-state index in [0.717, 1.165) is 5.57 Å². The monoisotopic (exact) mass is 364 g/mol. The molecule has 2 amide bonds. The van der Waals surface area contributed by atoms with Crippen LogP contribution in [-0.2, 0) is 0 Å². The number of nitrogens with two attached hydrogens (primary N) is 1. The minimum absolute atomic E-state index is 0.0875. The molecule has 0 spiro atoms. The maximum Gasteiger partial charge on any atom is 0.264 e. The molecule has 4 nitrogen and oxygen atoms in total. The Kier molecular flexibility index (Phi) is 4.69. The average Bonchev–Trinajstić information content (AvgIpc) is 3.07. The molecule has 7 heteroatoms. The summed E-state index contributed by atoms with van der Waals surface area (Å²) in [6, 6.07) is 6.40. The maximum atomic E-state index is 14.1. The highest BCUT2D eigenvalue weighted by Gasteiger charge is 2.22. The molecule has 0 saturated heterocycles. The molecular weight excluding hydrogens is 351 g/mol. The molecule has 1 aromatic carbocycles. The topological polar surface area (TPSA) is 63.4 Å². The Morgan fingerprint density at radius 1 is 1.33 bits per heavy atom. The number of hydrogen-bond acceptors (Lipinski definition) is 3. The number of hydrogen-bond donors (Lipinski definition) is 1. The quantitative estimate of drug-likeness (QED) is 0.904. The number of carbonyl (C=O) groups is 2. The first-order valence-electron chi connectivity index (χ1n) is 7.28. The van der Waals surface area contributed by atoms with Gasteiger partial charge in [-0.05, 0) is 24.1 Å². The zero-order valence-corrected chi connectivity index (χ0v) is 14.2. The number of benzene rings is 1. The van der Waals surface area contributed by atoms with Crippen LogP contribution in [0.4, 0.5) is 4.39 Å². The number of rotatable bonds is 3. The highest BCUT2D eigenvalue weighted by Crippen LogP contribution is 2.29. The number of primary amides is 1. The molecule has 0 unspecified atom stereocenters. The van der Waals surface area contributed by atoms with Crippen molar-refractivity contribution in [3.63, 3.8) is 0 Å². The summed E-state index contributed by atoms with van der Waals surface area (Å²) in [5.41, 5.74) is 6.84. The van der Waals surface area contributed by atoms with Crippen molar-refractivity contribution in [1.29, 1.82) is 0 Å². The summed E-state index contributed by atoms with van der Waals surface area (Å²) in [6.07, 6.45) is 2.37. The van der Waals surface area contributed by atoms with Crippen LogP contribution < -0.4 is 5.73 Å². The summed E-state index contributed by atoms with van der Waals surface area (Å²) >= 11 is 7.01. The second kappa shape index (κ2) is 6.75. The third-order valence-corrected chi connectivity index (χ3v) is 5.10. The second-order valence-corrected chi connectivity index (χ2v) is 6.71. The van der Waals surface area contributed by atoms with Crippen molar-refractivity contribution >= 4 is 40.3 Å². The van der Waals surface area contributed by atoms with Crippen LogP contribution in [0.3, 0.4) is 0 Å². The van der Waals surface area contributed by atoms with Gasteiger partial charge in [0.25, 0.3) is 5.91 Å². The predicted molar refractivity (Wildman–Crippen MR) is 92.7 cm³/mol. The van der Waals surface area contributed by atoms with Crippen molar-refractivity contribution in [2.75, 3.05) is 13.1 Å². The largest absolute Gasteiger partial charge is 0.366 e. The van der Waals surface area contributed by atoms with Crippen LogP contribution in [0.2, 0.25) is 5.02 Å². The van der Waals surface area contributed by atoms with Crippen molar-refractivity contribution in [2.45, 2.75) is 6.42 Å². The molecular formula is C17H14ClFN2O2S. The molecule has 24 heavy (non-hydrogen) atoms. The molecule has 2 aromatic rings. The molecule has 0 atom stereocenters. The van der Waals surface area contributed by atoms with Gasteiger partial charge in [0.1, 0.15) is 5.82 Å². The summed E-state index contributed by atoms with van der Waals surface area (Å²) in [7, 11) is 0. The lowest BCUT2D eigenvalue weighted by molar-refractivity contribution is 0.0777. The van der Waals surface area contributed by atoms with E-state index in [0.29, 0.717) is 35.5 Å². The first-order chi connectivity index (χ1) is 11.5. The van der Waals surface area contributed by atoms with E-state index in [1.807, 2.05) is 6.08 Å². The molecule has 2 N–H and O–H groups in total. The zero-order chi connectivity index (χ0) is 17.3. The van der Waals surface area contributed by atoms with E-state index in [2.05, 4.69) is 0 Å². The molecule has 0 fully saturated rings. The van der Waals surface area contributed by atoms with Crippen LogP contribution in [0.25, 0.3) is 5.57 Å². The highest BCUT2D eigenvalue weighted by atomic mass is 35.5. The van der Waals surface area contributed by atoms with Gasteiger partial charge in [-0.15, -0.1) is 11.3 Å². The van der Waals surface area contributed by atoms with Crippen molar-refractivity contribution in [3.05, 3.63) is 62.6 Å². The van der Waals surface area contributed by atoms with E-state index in [4.69, 9.17) is 17.3 Å². The van der Waals surface area contributed by atoms with Crippen LogP contribution in [0.15, 0.2) is 35.7 Å². The highest BCUT2D eigenvalue weighted by molar-refractivity contribution is 7.12. The van der Waals surface area contributed by atoms with Crippen LogP contribution in [0.5, 0.6) is 0 Å². The van der Waals surface area contributed by atoms with Gasteiger partial charge in [-0.25, -0.2) is 4.39 Å². The molecule has 2 heterocycles. The molecule has 1 aromatic heterocycles. The summed E-state index contributed by atoms with van der Waals surface area (Å²) in [4.78, 5) is 25.7. The lowest BCUT2D eigenvalue weighted by atomic mass is 9.99. The van der Waals surface area contributed by atoms with Gasteiger partial charge >= 0.3 is 0 Å². The number of nitrogens with zero attached hydrogens (tertiary/aromatic N) is 1. The van der Waals surface area contributed by atoms with E-state index in [1.54, 1.807) is 22.4 Å². The minimum atomic E-state index is -0.553. The fourth-order valence-corrected chi connectivity index (χ4v) is 3.62. The first-order valence-corrected chi connectivity index (χ1v) is 8.54. The molecule has 0 bridgehead atoms. The molecule has 1 aliphatic rings. The third-order valence-electron chi connectivity index (χ3n) is 3.89. The lowest BCUT2D eigenvalue weighted by Crippen LogP contribution is -2.34. The summed E-state index contributed by atoms with van der Waals surface area (Å²) in [5, 5.41) is 1.66. The molecule has 0 saturated carbocycles. The van der Waals surface area contributed by atoms with Gasteiger partial charge in [-0.3, -0.25) is 9.59 Å². The minimum Gasteiger partial charge on any atom is -0.366 e.